The number of terminal acetylenes is 1. The topological polar surface area (TPSA) is 29.5 Å². The van der Waals surface area contributed by atoms with Crippen LogP contribution in [0.1, 0.15) is 12.8 Å². The Hall–Kier alpha value is -0.520. The molecule has 1 aliphatic heterocycles. The van der Waals surface area contributed by atoms with Crippen molar-refractivity contribution in [3.8, 4) is 12.3 Å². The summed E-state index contributed by atoms with van der Waals surface area (Å²) >= 11 is 0. The maximum absolute atomic E-state index is 9.32. The summed E-state index contributed by atoms with van der Waals surface area (Å²) in [5.41, 5.74) is -0.974. The first kappa shape index (κ1) is 6.60. The molecule has 0 aromatic carbocycles. The molecular formula is C7H10O2. The minimum absolute atomic E-state index is 0.295. The molecule has 50 valence electrons. The molecule has 0 spiro atoms. The SMILES string of the molecule is C#C[C@]1(O)CCCOC1. The predicted octanol–water partition coefficient (Wildman–Crippen LogP) is 0.161. The Morgan fingerprint density at radius 1 is 1.67 bits per heavy atom. The molecule has 0 bridgehead atoms. The van der Waals surface area contributed by atoms with E-state index in [0.717, 1.165) is 13.0 Å². The fraction of sp³-hybridized carbons (Fsp3) is 0.714. The molecule has 0 radical (unpaired) electrons. The number of aliphatic hydroxyl groups is 1. The van der Waals surface area contributed by atoms with Crippen molar-refractivity contribution >= 4 is 0 Å². The van der Waals surface area contributed by atoms with Gasteiger partial charge in [-0.05, 0) is 12.8 Å². The van der Waals surface area contributed by atoms with Crippen LogP contribution >= 0.6 is 0 Å². The van der Waals surface area contributed by atoms with Crippen LogP contribution in [0.2, 0.25) is 0 Å². The third-order valence-electron chi connectivity index (χ3n) is 1.49. The van der Waals surface area contributed by atoms with Crippen LogP contribution in [0.4, 0.5) is 0 Å². The summed E-state index contributed by atoms with van der Waals surface area (Å²) in [7, 11) is 0. The summed E-state index contributed by atoms with van der Waals surface area (Å²) in [4.78, 5) is 0. The highest BCUT2D eigenvalue weighted by Crippen LogP contribution is 2.16. The van der Waals surface area contributed by atoms with E-state index in [0.29, 0.717) is 13.0 Å². The van der Waals surface area contributed by atoms with E-state index in [1.807, 2.05) is 0 Å². The summed E-state index contributed by atoms with van der Waals surface area (Å²) in [6.45, 7) is 1.02. The van der Waals surface area contributed by atoms with Gasteiger partial charge in [-0.3, -0.25) is 0 Å². The van der Waals surface area contributed by atoms with Crippen molar-refractivity contribution in [3.05, 3.63) is 0 Å². The zero-order valence-electron chi connectivity index (χ0n) is 5.26. The van der Waals surface area contributed by atoms with Crippen molar-refractivity contribution in [2.75, 3.05) is 13.2 Å². The fourth-order valence-corrected chi connectivity index (χ4v) is 0.894. The van der Waals surface area contributed by atoms with E-state index < -0.39 is 5.60 Å². The third-order valence-corrected chi connectivity index (χ3v) is 1.49. The van der Waals surface area contributed by atoms with Crippen molar-refractivity contribution in [2.24, 2.45) is 0 Å². The second-order valence-corrected chi connectivity index (χ2v) is 2.33. The van der Waals surface area contributed by atoms with Gasteiger partial charge in [-0.1, -0.05) is 5.92 Å². The molecule has 1 aliphatic rings. The normalized spacial score (nSPS) is 35.6. The second-order valence-electron chi connectivity index (χ2n) is 2.33. The lowest BCUT2D eigenvalue weighted by molar-refractivity contribution is -0.0479. The zero-order chi connectivity index (χ0) is 6.74. The van der Waals surface area contributed by atoms with E-state index in [9.17, 15) is 5.11 Å². The molecule has 1 rings (SSSR count). The highest BCUT2D eigenvalue weighted by Gasteiger charge is 2.26. The Morgan fingerprint density at radius 2 is 2.44 bits per heavy atom. The number of hydrogen-bond donors (Lipinski definition) is 1. The van der Waals surface area contributed by atoms with Gasteiger partial charge in [0, 0.05) is 6.61 Å². The lowest BCUT2D eigenvalue weighted by Crippen LogP contribution is -2.36. The molecule has 1 saturated heterocycles. The van der Waals surface area contributed by atoms with E-state index in [-0.39, 0.29) is 0 Å². The Balaban J connectivity index is 2.49. The molecule has 0 aliphatic carbocycles. The predicted molar refractivity (Wildman–Crippen MR) is 33.8 cm³/mol. The van der Waals surface area contributed by atoms with E-state index in [4.69, 9.17) is 11.2 Å². The lowest BCUT2D eigenvalue weighted by atomic mass is 9.98. The molecule has 0 unspecified atom stereocenters. The molecule has 1 heterocycles. The smallest absolute Gasteiger partial charge is 0.148 e. The van der Waals surface area contributed by atoms with Gasteiger partial charge in [-0.25, -0.2) is 0 Å². The average molecular weight is 126 g/mol. The first-order chi connectivity index (χ1) is 4.27. The maximum Gasteiger partial charge on any atom is 0.148 e. The molecule has 2 nitrogen and oxygen atoms in total. The van der Waals surface area contributed by atoms with E-state index in [1.165, 1.54) is 0 Å². The quantitative estimate of drug-likeness (QED) is 0.468. The van der Waals surface area contributed by atoms with Crippen LogP contribution in [-0.2, 0) is 4.74 Å². The molecule has 0 aromatic rings. The van der Waals surface area contributed by atoms with E-state index >= 15 is 0 Å². The van der Waals surface area contributed by atoms with Crippen LogP contribution in [0.5, 0.6) is 0 Å². The van der Waals surface area contributed by atoms with Crippen LogP contribution in [0, 0.1) is 12.3 Å². The summed E-state index contributed by atoms with van der Waals surface area (Å²) < 4.78 is 4.98. The second kappa shape index (κ2) is 2.38. The summed E-state index contributed by atoms with van der Waals surface area (Å²) in [6, 6.07) is 0. The van der Waals surface area contributed by atoms with Gasteiger partial charge in [-0.15, -0.1) is 6.42 Å². The van der Waals surface area contributed by atoms with Gasteiger partial charge in [0.05, 0.1) is 6.61 Å². The van der Waals surface area contributed by atoms with Crippen molar-refractivity contribution in [1.29, 1.82) is 0 Å². The molecular weight excluding hydrogens is 116 g/mol. The van der Waals surface area contributed by atoms with Gasteiger partial charge in [0.2, 0.25) is 0 Å². The molecule has 2 heteroatoms. The number of rotatable bonds is 0. The first-order valence-corrected chi connectivity index (χ1v) is 3.05. The van der Waals surface area contributed by atoms with E-state index in [1.54, 1.807) is 0 Å². The minimum Gasteiger partial charge on any atom is -0.377 e. The Labute approximate surface area is 54.8 Å². The summed E-state index contributed by atoms with van der Waals surface area (Å²) in [5.74, 6) is 2.31. The number of ether oxygens (including phenoxy) is 1. The van der Waals surface area contributed by atoms with Crippen LogP contribution in [0.25, 0.3) is 0 Å². The van der Waals surface area contributed by atoms with E-state index in [2.05, 4.69) is 5.92 Å². The molecule has 0 saturated carbocycles. The fourth-order valence-electron chi connectivity index (χ4n) is 0.894. The molecule has 1 N–H and O–H groups in total. The average Bonchev–Trinajstić information content (AvgIpc) is 1.90. The van der Waals surface area contributed by atoms with Crippen molar-refractivity contribution in [3.63, 3.8) is 0 Å². The molecule has 9 heavy (non-hydrogen) atoms. The van der Waals surface area contributed by atoms with Crippen LogP contribution in [-0.4, -0.2) is 23.9 Å². The molecule has 1 atom stereocenters. The maximum atomic E-state index is 9.32. The van der Waals surface area contributed by atoms with Crippen LogP contribution in [0.3, 0.4) is 0 Å². The third kappa shape index (κ3) is 1.44. The van der Waals surface area contributed by atoms with Gasteiger partial charge >= 0.3 is 0 Å². The van der Waals surface area contributed by atoms with Gasteiger partial charge in [-0.2, -0.15) is 0 Å². The first-order valence-electron chi connectivity index (χ1n) is 3.05. The zero-order valence-corrected chi connectivity index (χ0v) is 5.26. The summed E-state index contributed by atoms with van der Waals surface area (Å²) in [5, 5.41) is 9.32. The van der Waals surface area contributed by atoms with Crippen molar-refractivity contribution in [1.82, 2.24) is 0 Å². The van der Waals surface area contributed by atoms with Crippen LogP contribution < -0.4 is 0 Å². The highest BCUT2D eigenvalue weighted by atomic mass is 16.5. The Bertz CT molecular complexity index is 128. The highest BCUT2D eigenvalue weighted by molar-refractivity contribution is 5.08. The van der Waals surface area contributed by atoms with Gasteiger partial charge in [0.15, 0.2) is 0 Å². The van der Waals surface area contributed by atoms with Crippen molar-refractivity contribution < 1.29 is 9.84 Å². The van der Waals surface area contributed by atoms with Gasteiger partial charge in [0.1, 0.15) is 5.60 Å². The van der Waals surface area contributed by atoms with Crippen LogP contribution in [0.15, 0.2) is 0 Å². The monoisotopic (exact) mass is 126 g/mol. The largest absolute Gasteiger partial charge is 0.377 e. The molecule has 1 fully saturated rings. The molecule has 0 amide bonds. The lowest BCUT2D eigenvalue weighted by Gasteiger charge is -2.26. The van der Waals surface area contributed by atoms with Crippen molar-refractivity contribution in [2.45, 2.75) is 18.4 Å². The van der Waals surface area contributed by atoms with Gasteiger partial charge < -0.3 is 9.84 Å². The summed E-state index contributed by atoms with van der Waals surface area (Å²) in [6.07, 6.45) is 6.59. The Kier molecular flexibility index (Phi) is 1.75. The number of hydrogen-bond acceptors (Lipinski definition) is 2. The minimum atomic E-state index is -0.974. The Morgan fingerprint density at radius 3 is 2.78 bits per heavy atom. The van der Waals surface area contributed by atoms with Gasteiger partial charge in [0.25, 0.3) is 0 Å². The standard InChI is InChI=1S/C7H10O2/c1-2-7(8)4-3-5-9-6-7/h1,8H,3-6H2/t7-/m0/s1. The molecule has 0 aromatic heterocycles.